The Hall–Kier alpha value is -0.780. The Morgan fingerprint density at radius 3 is 2.33 bits per heavy atom. The Balaban J connectivity index is 0.00000676. The van der Waals surface area contributed by atoms with Crippen LogP contribution < -0.4 is 15.4 Å². The van der Waals surface area contributed by atoms with Gasteiger partial charge in [-0.15, -0.1) is 24.0 Å². The summed E-state index contributed by atoms with van der Waals surface area (Å²) < 4.78 is 31.5. The lowest BCUT2D eigenvalue weighted by Gasteiger charge is -2.20. The minimum atomic E-state index is -3.25. The maximum Gasteiger partial charge on any atom is 0.215 e. The van der Waals surface area contributed by atoms with Gasteiger partial charge in [-0.3, -0.25) is 4.99 Å². The van der Waals surface area contributed by atoms with E-state index in [1.807, 2.05) is 32.9 Å². The van der Waals surface area contributed by atoms with E-state index in [-0.39, 0.29) is 42.4 Å². The smallest absolute Gasteiger partial charge is 0.215 e. The molecular weight excluding hydrogens is 503 g/mol. The predicted molar refractivity (Wildman–Crippen MR) is 123 cm³/mol. The molecule has 0 saturated heterocycles. The van der Waals surface area contributed by atoms with Crippen molar-refractivity contribution in [3.8, 4) is 5.75 Å². The van der Waals surface area contributed by atoms with Gasteiger partial charge >= 0.3 is 0 Å². The second-order valence-electron chi connectivity index (χ2n) is 5.66. The first-order chi connectivity index (χ1) is 12.3. The highest BCUT2D eigenvalue weighted by Gasteiger charge is 2.18. The fourth-order valence-corrected chi connectivity index (χ4v) is 3.82. The van der Waals surface area contributed by atoms with E-state index in [4.69, 9.17) is 16.3 Å². The summed E-state index contributed by atoms with van der Waals surface area (Å²) in [7, 11) is -1.61. The van der Waals surface area contributed by atoms with Gasteiger partial charge < -0.3 is 15.4 Å². The lowest BCUT2D eigenvalue weighted by atomic mass is 10.3. The van der Waals surface area contributed by atoms with E-state index in [0.29, 0.717) is 30.6 Å². The largest absolute Gasteiger partial charge is 0.489 e. The molecular formula is C17H30ClIN4O3S. The highest BCUT2D eigenvalue weighted by molar-refractivity contribution is 14.0. The minimum absolute atomic E-state index is 0. The van der Waals surface area contributed by atoms with Gasteiger partial charge in [-0.1, -0.05) is 25.4 Å². The SMILES string of the molecule is CCN(CC)S(=O)(=O)CCNC(=NC)NCC(C)Oc1ccc(Cl)cc1.I. The van der Waals surface area contributed by atoms with Gasteiger partial charge in [0.15, 0.2) is 5.96 Å². The summed E-state index contributed by atoms with van der Waals surface area (Å²) >= 11 is 5.85. The molecule has 156 valence electrons. The third-order valence-corrected chi connectivity index (χ3v) is 5.96. The van der Waals surface area contributed by atoms with Crippen molar-refractivity contribution in [3.63, 3.8) is 0 Å². The molecule has 27 heavy (non-hydrogen) atoms. The van der Waals surface area contributed by atoms with E-state index in [2.05, 4.69) is 15.6 Å². The van der Waals surface area contributed by atoms with Crippen molar-refractivity contribution in [1.29, 1.82) is 0 Å². The lowest BCUT2D eigenvalue weighted by molar-refractivity contribution is 0.224. The molecule has 0 heterocycles. The van der Waals surface area contributed by atoms with Crippen molar-refractivity contribution >= 4 is 51.6 Å². The first-order valence-corrected chi connectivity index (χ1v) is 10.7. The summed E-state index contributed by atoms with van der Waals surface area (Å²) in [4.78, 5) is 4.10. The summed E-state index contributed by atoms with van der Waals surface area (Å²) in [6.07, 6.45) is -0.103. The van der Waals surface area contributed by atoms with Gasteiger partial charge in [0, 0.05) is 31.7 Å². The Morgan fingerprint density at radius 1 is 1.22 bits per heavy atom. The molecule has 0 fully saturated rings. The van der Waals surface area contributed by atoms with Gasteiger partial charge in [0.25, 0.3) is 0 Å². The number of nitrogens with one attached hydrogen (secondary N) is 2. The monoisotopic (exact) mass is 532 g/mol. The summed E-state index contributed by atoms with van der Waals surface area (Å²) in [5.74, 6) is 1.29. The molecule has 1 rings (SSSR count). The van der Waals surface area contributed by atoms with Crippen LogP contribution in [0.3, 0.4) is 0 Å². The van der Waals surface area contributed by atoms with Crippen molar-refractivity contribution in [3.05, 3.63) is 29.3 Å². The van der Waals surface area contributed by atoms with Crippen LogP contribution in [0.25, 0.3) is 0 Å². The molecule has 10 heteroatoms. The standard InChI is InChI=1S/C17H29ClN4O3S.HI/c1-5-22(6-2)26(23,24)12-11-20-17(19-4)21-13-14(3)25-16-9-7-15(18)8-10-16;/h7-10,14H,5-6,11-13H2,1-4H3,(H2,19,20,21);1H. The Labute approximate surface area is 185 Å². The van der Waals surface area contributed by atoms with Crippen molar-refractivity contribution in [2.24, 2.45) is 4.99 Å². The first kappa shape index (κ1) is 26.2. The number of hydrogen-bond acceptors (Lipinski definition) is 4. The number of benzene rings is 1. The van der Waals surface area contributed by atoms with E-state index in [9.17, 15) is 8.42 Å². The second-order valence-corrected chi connectivity index (χ2v) is 8.19. The van der Waals surface area contributed by atoms with E-state index in [1.54, 1.807) is 19.2 Å². The van der Waals surface area contributed by atoms with Gasteiger partial charge in [-0.05, 0) is 31.2 Å². The van der Waals surface area contributed by atoms with Gasteiger partial charge in [-0.2, -0.15) is 0 Å². The number of hydrogen-bond donors (Lipinski definition) is 2. The van der Waals surface area contributed by atoms with Crippen LogP contribution in [0, 0.1) is 0 Å². The topological polar surface area (TPSA) is 83.0 Å². The average molecular weight is 533 g/mol. The third kappa shape index (κ3) is 9.82. The van der Waals surface area contributed by atoms with Crippen LogP contribution in [0.1, 0.15) is 20.8 Å². The highest BCUT2D eigenvalue weighted by atomic mass is 127. The van der Waals surface area contributed by atoms with Crippen LogP contribution in [0.15, 0.2) is 29.3 Å². The van der Waals surface area contributed by atoms with E-state index >= 15 is 0 Å². The van der Waals surface area contributed by atoms with Crippen LogP contribution in [0.5, 0.6) is 5.75 Å². The molecule has 0 spiro atoms. The van der Waals surface area contributed by atoms with Gasteiger partial charge in [0.1, 0.15) is 11.9 Å². The predicted octanol–water partition coefficient (Wildman–Crippen LogP) is 2.56. The quantitative estimate of drug-likeness (QED) is 0.275. The number of sulfonamides is 1. The Morgan fingerprint density at radius 2 is 1.81 bits per heavy atom. The first-order valence-electron chi connectivity index (χ1n) is 8.66. The number of aliphatic imine (C=N–C) groups is 1. The van der Waals surface area contributed by atoms with Crippen LogP contribution in [0.4, 0.5) is 0 Å². The molecule has 1 aromatic carbocycles. The maximum atomic E-state index is 12.2. The van der Waals surface area contributed by atoms with Gasteiger partial charge in [-0.25, -0.2) is 12.7 Å². The Kier molecular flexibility index (Phi) is 13.0. The molecule has 2 N–H and O–H groups in total. The molecule has 7 nitrogen and oxygen atoms in total. The van der Waals surface area contributed by atoms with Gasteiger partial charge in [0.05, 0.1) is 12.3 Å². The van der Waals surface area contributed by atoms with Crippen LogP contribution in [-0.2, 0) is 10.0 Å². The molecule has 0 bridgehead atoms. The molecule has 0 saturated carbocycles. The molecule has 0 amide bonds. The molecule has 0 aromatic heterocycles. The van der Waals surface area contributed by atoms with Crippen molar-refractivity contribution < 1.29 is 13.2 Å². The molecule has 1 unspecified atom stereocenters. The van der Waals surface area contributed by atoms with Crippen LogP contribution >= 0.6 is 35.6 Å². The molecule has 0 aliphatic carbocycles. The zero-order valence-electron chi connectivity index (χ0n) is 16.2. The van der Waals surface area contributed by atoms with Gasteiger partial charge in [0.2, 0.25) is 10.0 Å². The summed E-state index contributed by atoms with van der Waals surface area (Å²) in [5, 5.41) is 6.80. The van der Waals surface area contributed by atoms with Crippen LogP contribution in [0.2, 0.25) is 5.02 Å². The van der Waals surface area contributed by atoms with Crippen molar-refractivity contribution in [2.45, 2.75) is 26.9 Å². The van der Waals surface area contributed by atoms with Crippen LogP contribution in [-0.4, -0.2) is 63.8 Å². The fraction of sp³-hybridized carbons (Fsp3) is 0.588. The lowest BCUT2D eigenvalue weighted by Crippen LogP contribution is -2.44. The van der Waals surface area contributed by atoms with Crippen molar-refractivity contribution in [1.82, 2.24) is 14.9 Å². The number of ether oxygens (including phenoxy) is 1. The van der Waals surface area contributed by atoms with Crippen molar-refractivity contribution in [2.75, 3.05) is 39.0 Å². The summed E-state index contributed by atoms with van der Waals surface area (Å²) in [6.45, 7) is 7.35. The fourth-order valence-electron chi connectivity index (χ4n) is 2.29. The number of guanidine groups is 1. The molecule has 0 aliphatic rings. The molecule has 1 aromatic rings. The molecule has 0 radical (unpaired) electrons. The minimum Gasteiger partial charge on any atom is -0.489 e. The number of rotatable bonds is 10. The van der Waals surface area contributed by atoms with E-state index in [1.165, 1.54) is 4.31 Å². The number of halogens is 2. The zero-order valence-corrected chi connectivity index (χ0v) is 20.1. The second kappa shape index (κ2) is 13.4. The summed E-state index contributed by atoms with van der Waals surface area (Å²) in [6, 6.07) is 7.16. The maximum absolute atomic E-state index is 12.2. The highest BCUT2D eigenvalue weighted by Crippen LogP contribution is 2.16. The average Bonchev–Trinajstić information content (AvgIpc) is 2.60. The van der Waals surface area contributed by atoms with E-state index < -0.39 is 10.0 Å². The third-order valence-electron chi connectivity index (χ3n) is 3.68. The van der Waals surface area contributed by atoms with E-state index in [0.717, 1.165) is 5.75 Å². The summed E-state index contributed by atoms with van der Waals surface area (Å²) in [5.41, 5.74) is 0. The molecule has 0 aliphatic heterocycles. The Bertz CT molecular complexity index is 667. The zero-order chi connectivity index (χ0) is 19.6. The number of nitrogens with zero attached hydrogens (tertiary/aromatic N) is 2. The molecule has 1 atom stereocenters. The normalized spacial score (nSPS) is 13.0.